The molecule has 2 aromatic rings. The van der Waals surface area contributed by atoms with Gasteiger partial charge in [0.25, 0.3) is 0 Å². The van der Waals surface area contributed by atoms with Crippen molar-refractivity contribution in [2.45, 2.75) is 0 Å². The molecule has 7 heteroatoms. The number of carboxylic acid groups (broad SMARTS) is 1. The molecule has 0 aromatic heterocycles. The van der Waals surface area contributed by atoms with Crippen LogP contribution in [0.1, 0.15) is 10.4 Å². The minimum absolute atomic E-state index is 0.255. The van der Waals surface area contributed by atoms with E-state index in [0.29, 0.717) is 10.8 Å². The number of carbonyl (C=O) groups is 1. The zero-order valence-electron chi connectivity index (χ0n) is 10.8. The van der Waals surface area contributed by atoms with Gasteiger partial charge in [-0.15, -0.1) is 0 Å². The number of hydrogen-bond donors (Lipinski definition) is 2. The second kappa shape index (κ2) is 5.97. The summed E-state index contributed by atoms with van der Waals surface area (Å²) in [5.41, 5.74) is -0.708. The monoisotopic (exact) mass is 313 g/mol. The third-order valence-corrected chi connectivity index (χ3v) is 2.95. The summed E-state index contributed by atoms with van der Waals surface area (Å²) in [5.74, 6) is -3.15. The first-order valence-electron chi connectivity index (χ1n) is 5.75. The number of nitrogens with one attached hydrogen (secondary N) is 1. The molecule has 0 bridgehead atoms. The Labute approximate surface area is 123 Å². The van der Waals surface area contributed by atoms with E-state index < -0.39 is 28.9 Å². The lowest BCUT2D eigenvalue weighted by Gasteiger charge is -2.13. The molecule has 0 heterocycles. The summed E-state index contributed by atoms with van der Waals surface area (Å²) in [7, 11) is 1.40. The maximum absolute atomic E-state index is 13.9. The molecule has 0 amide bonds. The summed E-state index contributed by atoms with van der Waals surface area (Å²) < 4.78 is 32.8. The van der Waals surface area contributed by atoms with Crippen molar-refractivity contribution in [3.05, 3.63) is 52.6 Å². The van der Waals surface area contributed by atoms with E-state index in [-0.39, 0.29) is 5.69 Å². The Morgan fingerprint density at radius 2 is 1.86 bits per heavy atom. The van der Waals surface area contributed by atoms with Crippen LogP contribution < -0.4 is 10.1 Å². The normalized spacial score (nSPS) is 10.3. The van der Waals surface area contributed by atoms with Gasteiger partial charge in [0.05, 0.1) is 18.4 Å². The molecule has 0 unspecified atom stereocenters. The van der Waals surface area contributed by atoms with Gasteiger partial charge in [0.1, 0.15) is 11.4 Å². The second-order valence-corrected chi connectivity index (χ2v) is 4.53. The van der Waals surface area contributed by atoms with Crippen LogP contribution in [0.15, 0.2) is 30.3 Å². The average molecular weight is 314 g/mol. The maximum atomic E-state index is 13.9. The van der Waals surface area contributed by atoms with Gasteiger partial charge in [-0.2, -0.15) is 0 Å². The van der Waals surface area contributed by atoms with E-state index in [2.05, 4.69) is 5.32 Å². The van der Waals surface area contributed by atoms with Crippen LogP contribution in [0.3, 0.4) is 0 Å². The minimum Gasteiger partial charge on any atom is -0.495 e. The number of methoxy groups -OCH3 is 1. The number of anilines is 2. The molecular weight excluding hydrogens is 304 g/mol. The van der Waals surface area contributed by atoms with E-state index in [1.165, 1.54) is 19.2 Å². The topological polar surface area (TPSA) is 58.6 Å². The highest BCUT2D eigenvalue weighted by atomic mass is 35.5. The summed E-state index contributed by atoms with van der Waals surface area (Å²) in [6.07, 6.45) is 0. The van der Waals surface area contributed by atoms with Crippen molar-refractivity contribution in [1.82, 2.24) is 0 Å². The van der Waals surface area contributed by atoms with Gasteiger partial charge in [-0.1, -0.05) is 11.6 Å². The van der Waals surface area contributed by atoms with Crippen LogP contribution in [0.25, 0.3) is 0 Å². The molecule has 2 aromatic carbocycles. The van der Waals surface area contributed by atoms with Gasteiger partial charge in [-0.05, 0) is 30.3 Å². The third kappa shape index (κ3) is 3.22. The van der Waals surface area contributed by atoms with Crippen molar-refractivity contribution < 1.29 is 23.4 Å². The van der Waals surface area contributed by atoms with Crippen LogP contribution in [-0.4, -0.2) is 18.2 Å². The maximum Gasteiger partial charge on any atom is 0.335 e. The van der Waals surface area contributed by atoms with E-state index in [1.807, 2.05) is 0 Å². The number of benzene rings is 2. The minimum atomic E-state index is -1.42. The smallest absolute Gasteiger partial charge is 0.335 e. The first-order valence-corrected chi connectivity index (χ1v) is 6.13. The van der Waals surface area contributed by atoms with E-state index in [1.54, 1.807) is 6.07 Å². The van der Waals surface area contributed by atoms with Gasteiger partial charge < -0.3 is 15.2 Å². The molecule has 0 saturated carbocycles. The van der Waals surface area contributed by atoms with Crippen molar-refractivity contribution in [3.63, 3.8) is 0 Å². The molecule has 0 spiro atoms. The zero-order chi connectivity index (χ0) is 15.6. The summed E-state index contributed by atoms with van der Waals surface area (Å²) in [4.78, 5) is 10.7. The van der Waals surface area contributed by atoms with Crippen molar-refractivity contribution >= 4 is 28.9 Å². The molecule has 0 radical (unpaired) electrons. The Morgan fingerprint density at radius 1 is 1.24 bits per heavy atom. The van der Waals surface area contributed by atoms with Crippen LogP contribution in [0.2, 0.25) is 5.02 Å². The van der Waals surface area contributed by atoms with Crippen LogP contribution in [-0.2, 0) is 0 Å². The molecule has 2 rings (SSSR count). The van der Waals surface area contributed by atoms with Crippen LogP contribution >= 0.6 is 11.6 Å². The number of ether oxygens (including phenoxy) is 1. The largest absolute Gasteiger partial charge is 0.495 e. The number of rotatable bonds is 4. The third-order valence-electron chi connectivity index (χ3n) is 2.71. The lowest BCUT2D eigenvalue weighted by Crippen LogP contribution is -2.04. The fourth-order valence-electron chi connectivity index (χ4n) is 1.73. The number of halogens is 3. The highest BCUT2D eigenvalue weighted by Gasteiger charge is 2.16. The van der Waals surface area contributed by atoms with Gasteiger partial charge in [0.2, 0.25) is 0 Å². The molecule has 0 atom stereocenters. The van der Waals surface area contributed by atoms with E-state index >= 15 is 0 Å². The highest BCUT2D eigenvalue weighted by molar-refractivity contribution is 6.31. The molecule has 4 nitrogen and oxygen atoms in total. The van der Waals surface area contributed by atoms with Gasteiger partial charge in [0.15, 0.2) is 11.6 Å². The average Bonchev–Trinajstić information content (AvgIpc) is 2.42. The Balaban J connectivity index is 2.45. The lowest BCUT2D eigenvalue weighted by atomic mass is 10.1. The Morgan fingerprint density at radius 3 is 2.38 bits per heavy atom. The number of carboxylic acids is 1. The Kier molecular flexibility index (Phi) is 4.28. The molecule has 0 aliphatic rings. The predicted octanol–water partition coefficient (Wildman–Crippen LogP) is 4.07. The summed E-state index contributed by atoms with van der Waals surface area (Å²) >= 11 is 5.83. The summed E-state index contributed by atoms with van der Waals surface area (Å²) in [6, 6.07) is 5.98. The van der Waals surface area contributed by atoms with E-state index in [9.17, 15) is 13.6 Å². The Bertz CT molecular complexity index is 684. The van der Waals surface area contributed by atoms with Gasteiger partial charge in [-0.3, -0.25) is 0 Å². The molecule has 2 N–H and O–H groups in total. The predicted molar refractivity (Wildman–Crippen MR) is 74.6 cm³/mol. The Hall–Kier alpha value is -2.34. The molecule has 0 saturated heterocycles. The SMILES string of the molecule is COc1ccc(Cl)cc1Nc1c(F)cc(C(=O)O)cc1F. The van der Waals surface area contributed by atoms with Crippen LogP contribution in [0.4, 0.5) is 20.2 Å². The first-order chi connectivity index (χ1) is 9.92. The van der Waals surface area contributed by atoms with Gasteiger partial charge in [0, 0.05) is 5.02 Å². The van der Waals surface area contributed by atoms with E-state index in [4.69, 9.17) is 21.4 Å². The molecule has 0 fully saturated rings. The first kappa shape index (κ1) is 15.1. The van der Waals surface area contributed by atoms with Gasteiger partial charge >= 0.3 is 5.97 Å². The van der Waals surface area contributed by atoms with Gasteiger partial charge in [-0.25, -0.2) is 13.6 Å². The second-order valence-electron chi connectivity index (χ2n) is 4.09. The van der Waals surface area contributed by atoms with Crippen LogP contribution in [0.5, 0.6) is 5.75 Å². The zero-order valence-corrected chi connectivity index (χ0v) is 11.5. The molecule has 0 aliphatic carbocycles. The lowest BCUT2D eigenvalue weighted by molar-refractivity contribution is 0.0696. The quantitative estimate of drug-likeness (QED) is 0.893. The number of aromatic carboxylic acids is 1. The molecular formula is C14H10ClF2NO3. The van der Waals surface area contributed by atoms with Crippen molar-refractivity contribution in [2.75, 3.05) is 12.4 Å². The summed E-state index contributed by atoms with van der Waals surface area (Å²) in [5, 5.41) is 11.6. The fourth-order valence-corrected chi connectivity index (χ4v) is 1.90. The van der Waals surface area contributed by atoms with E-state index in [0.717, 1.165) is 12.1 Å². The molecule has 110 valence electrons. The van der Waals surface area contributed by atoms with Crippen molar-refractivity contribution in [1.29, 1.82) is 0 Å². The molecule has 21 heavy (non-hydrogen) atoms. The fraction of sp³-hybridized carbons (Fsp3) is 0.0714. The van der Waals surface area contributed by atoms with Crippen molar-refractivity contribution in [2.24, 2.45) is 0 Å². The number of hydrogen-bond acceptors (Lipinski definition) is 3. The molecule has 0 aliphatic heterocycles. The highest BCUT2D eigenvalue weighted by Crippen LogP contribution is 2.32. The van der Waals surface area contributed by atoms with Crippen molar-refractivity contribution in [3.8, 4) is 5.75 Å². The summed E-state index contributed by atoms with van der Waals surface area (Å²) in [6.45, 7) is 0. The standard InChI is InChI=1S/C14H10ClF2NO3/c1-21-12-3-2-8(15)6-11(12)18-13-9(16)4-7(14(19)20)5-10(13)17/h2-6,18H,1H3,(H,19,20). The van der Waals surface area contributed by atoms with Crippen LogP contribution in [0, 0.1) is 11.6 Å².